The molecule has 0 spiro atoms. The van der Waals surface area contributed by atoms with Crippen LogP contribution in [-0.4, -0.2) is 35.7 Å². The fourth-order valence-corrected chi connectivity index (χ4v) is 2.30. The molecular weight excluding hydrogens is 228 g/mol. The lowest BCUT2D eigenvalue weighted by atomic mass is 9.80. The fourth-order valence-electron chi connectivity index (χ4n) is 2.30. The van der Waals surface area contributed by atoms with Crippen molar-refractivity contribution in [2.75, 3.05) is 24.6 Å². The fraction of sp³-hybridized carbons (Fsp3) is 0.692. The highest BCUT2D eigenvalue weighted by molar-refractivity contribution is 5.42. The van der Waals surface area contributed by atoms with E-state index in [1.807, 2.05) is 13.0 Å². The third kappa shape index (κ3) is 2.72. The van der Waals surface area contributed by atoms with E-state index in [1.54, 1.807) is 6.33 Å². The highest BCUT2D eigenvalue weighted by Gasteiger charge is 2.33. The Bertz CT molecular complexity index is 408. The van der Waals surface area contributed by atoms with Crippen LogP contribution < -0.4 is 15.4 Å². The van der Waals surface area contributed by atoms with Crippen LogP contribution in [0.4, 0.5) is 5.82 Å². The van der Waals surface area contributed by atoms with Crippen molar-refractivity contribution >= 4 is 5.82 Å². The Morgan fingerprint density at radius 1 is 1.50 bits per heavy atom. The summed E-state index contributed by atoms with van der Waals surface area (Å²) >= 11 is 0. The quantitative estimate of drug-likeness (QED) is 0.879. The molecule has 0 bridgehead atoms. The molecule has 2 heterocycles. The maximum atomic E-state index is 6.15. The van der Waals surface area contributed by atoms with E-state index in [0.717, 1.165) is 25.3 Å². The van der Waals surface area contributed by atoms with Gasteiger partial charge in [-0.1, -0.05) is 13.8 Å². The number of ether oxygens (including phenoxy) is 1. The first-order valence-electron chi connectivity index (χ1n) is 6.48. The molecule has 1 saturated heterocycles. The molecule has 0 aromatic carbocycles. The molecule has 5 heteroatoms. The first-order chi connectivity index (χ1) is 8.53. The molecule has 1 aromatic rings. The zero-order valence-corrected chi connectivity index (χ0v) is 11.4. The van der Waals surface area contributed by atoms with Gasteiger partial charge in [-0.15, -0.1) is 0 Å². The van der Waals surface area contributed by atoms with E-state index < -0.39 is 0 Å². The van der Waals surface area contributed by atoms with Crippen molar-refractivity contribution in [1.82, 2.24) is 9.97 Å². The first-order valence-corrected chi connectivity index (χ1v) is 6.48. The van der Waals surface area contributed by atoms with E-state index >= 15 is 0 Å². The molecule has 0 amide bonds. The lowest BCUT2D eigenvalue weighted by Crippen LogP contribution is -2.52. The molecule has 18 heavy (non-hydrogen) atoms. The summed E-state index contributed by atoms with van der Waals surface area (Å²) in [6.07, 6.45) is 2.54. The standard InChI is InChI=1S/C13H22N4O/c1-4-18-12-7-11(15-9-16-12)17-6-5-10(14)13(2,3)8-17/h7,9-10H,4-6,8,14H2,1-3H3. The molecule has 1 aliphatic heterocycles. The second kappa shape index (κ2) is 5.10. The minimum absolute atomic E-state index is 0.106. The predicted octanol–water partition coefficient (Wildman–Crippen LogP) is 1.44. The smallest absolute Gasteiger partial charge is 0.218 e. The zero-order chi connectivity index (χ0) is 13.2. The van der Waals surface area contributed by atoms with Gasteiger partial charge in [-0.3, -0.25) is 0 Å². The summed E-state index contributed by atoms with van der Waals surface area (Å²) in [5.41, 5.74) is 6.25. The number of nitrogens with two attached hydrogens (primary N) is 1. The van der Waals surface area contributed by atoms with Gasteiger partial charge in [0.1, 0.15) is 12.1 Å². The van der Waals surface area contributed by atoms with Crippen molar-refractivity contribution in [3.63, 3.8) is 0 Å². The van der Waals surface area contributed by atoms with Crippen molar-refractivity contribution in [3.05, 3.63) is 12.4 Å². The number of hydrogen-bond acceptors (Lipinski definition) is 5. The minimum Gasteiger partial charge on any atom is -0.478 e. The maximum Gasteiger partial charge on any atom is 0.218 e. The summed E-state index contributed by atoms with van der Waals surface area (Å²) in [5, 5.41) is 0. The Balaban J connectivity index is 2.14. The number of hydrogen-bond donors (Lipinski definition) is 1. The monoisotopic (exact) mass is 250 g/mol. The average molecular weight is 250 g/mol. The van der Waals surface area contributed by atoms with Crippen LogP contribution >= 0.6 is 0 Å². The molecule has 2 N–H and O–H groups in total. The molecule has 0 aliphatic carbocycles. The Labute approximate surface area is 108 Å². The number of piperidine rings is 1. The molecule has 1 aromatic heterocycles. The molecule has 2 rings (SSSR count). The minimum atomic E-state index is 0.106. The second-order valence-corrected chi connectivity index (χ2v) is 5.45. The Hall–Kier alpha value is -1.36. The third-order valence-corrected chi connectivity index (χ3v) is 3.56. The van der Waals surface area contributed by atoms with Gasteiger partial charge >= 0.3 is 0 Å². The summed E-state index contributed by atoms with van der Waals surface area (Å²) in [5.74, 6) is 1.56. The van der Waals surface area contributed by atoms with Crippen molar-refractivity contribution < 1.29 is 4.74 Å². The molecule has 1 unspecified atom stereocenters. The highest BCUT2D eigenvalue weighted by Crippen LogP contribution is 2.30. The first kappa shape index (κ1) is 13.1. The van der Waals surface area contributed by atoms with Crippen molar-refractivity contribution in [1.29, 1.82) is 0 Å². The molecule has 1 atom stereocenters. The van der Waals surface area contributed by atoms with Crippen molar-refractivity contribution in [2.24, 2.45) is 11.1 Å². The largest absolute Gasteiger partial charge is 0.478 e. The Morgan fingerprint density at radius 3 is 2.94 bits per heavy atom. The van der Waals surface area contributed by atoms with Crippen LogP contribution in [-0.2, 0) is 0 Å². The summed E-state index contributed by atoms with van der Waals surface area (Å²) in [7, 11) is 0. The van der Waals surface area contributed by atoms with E-state index in [-0.39, 0.29) is 11.5 Å². The van der Waals surface area contributed by atoms with Crippen LogP contribution in [0.2, 0.25) is 0 Å². The average Bonchev–Trinajstić information content (AvgIpc) is 2.33. The van der Waals surface area contributed by atoms with Gasteiger partial charge in [-0.25, -0.2) is 9.97 Å². The third-order valence-electron chi connectivity index (χ3n) is 3.56. The molecule has 1 fully saturated rings. The van der Waals surface area contributed by atoms with Crippen molar-refractivity contribution in [3.8, 4) is 5.88 Å². The summed E-state index contributed by atoms with van der Waals surface area (Å²) in [6.45, 7) is 8.82. The molecule has 100 valence electrons. The summed E-state index contributed by atoms with van der Waals surface area (Å²) in [4.78, 5) is 10.7. The lowest BCUT2D eigenvalue weighted by molar-refractivity contribution is 0.244. The normalized spacial score (nSPS) is 22.9. The summed E-state index contributed by atoms with van der Waals surface area (Å²) < 4.78 is 5.41. The van der Waals surface area contributed by atoms with Gasteiger partial charge in [-0.2, -0.15) is 0 Å². The van der Waals surface area contributed by atoms with Gasteiger partial charge < -0.3 is 15.4 Å². The zero-order valence-electron chi connectivity index (χ0n) is 11.4. The van der Waals surface area contributed by atoms with Gasteiger partial charge in [0.15, 0.2) is 0 Å². The van der Waals surface area contributed by atoms with Crippen LogP contribution in [0.15, 0.2) is 12.4 Å². The van der Waals surface area contributed by atoms with Gasteiger partial charge in [0, 0.05) is 25.2 Å². The predicted molar refractivity (Wildman–Crippen MR) is 71.8 cm³/mol. The molecule has 0 radical (unpaired) electrons. The SMILES string of the molecule is CCOc1cc(N2CCC(N)C(C)(C)C2)ncn1. The Kier molecular flexibility index (Phi) is 3.71. The van der Waals surface area contributed by atoms with Crippen LogP contribution in [0.3, 0.4) is 0 Å². The second-order valence-electron chi connectivity index (χ2n) is 5.45. The summed E-state index contributed by atoms with van der Waals surface area (Å²) in [6, 6.07) is 2.15. The van der Waals surface area contributed by atoms with E-state index in [2.05, 4.69) is 28.7 Å². The molecule has 5 nitrogen and oxygen atoms in total. The van der Waals surface area contributed by atoms with Crippen molar-refractivity contribution in [2.45, 2.75) is 33.2 Å². The highest BCUT2D eigenvalue weighted by atomic mass is 16.5. The number of nitrogens with zero attached hydrogens (tertiary/aromatic N) is 3. The van der Waals surface area contributed by atoms with Crippen LogP contribution in [0, 0.1) is 5.41 Å². The van der Waals surface area contributed by atoms with Crippen LogP contribution in [0.25, 0.3) is 0 Å². The van der Waals surface area contributed by atoms with E-state index in [4.69, 9.17) is 10.5 Å². The number of aromatic nitrogens is 2. The number of rotatable bonds is 3. The molecule has 1 aliphatic rings. The van der Waals surface area contributed by atoms with Gasteiger partial charge in [0.2, 0.25) is 5.88 Å². The maximum absolute atomic E-state index is 6.15. The van der Waals surface area contributed by atoms with E-state index in [9.17, 15) is 0 Å². The lowest BCUT2D eigenvalue weighted by Gasteiger charge is -2.43. The van der Waals surface area contributed by atoms with Crippen LogP contribution in [0.5, 0.6) is 5.88 Å². The Morgan fingerprint density at radius 2 is 2.28 bits per heavy atom. The van der Waals surface area contributed by atoms with Crippen LogP contribution in [0.1, 0.15) is 27.2 Å². The van der Waals surface area contributed by atoms with Gasteiger partial charge in [0.25, 0.3) is 0 Å². The van der Waals surface area contributed by atoms with E-state index in [1.165, 1.54) is 0 Å². The molecule has 0 saturated carbocycles. The van der Waals surface area contributed by atoms with Gasteiger partial charge in [-0.05, 0) is 18.8 Å². The topological polar surface area (TPSA) is 64.3 Å². The van der Waals surface area contributed by atoms with Gasteiger partial charge in [0.05, 0.1) is 6.61 Å². The molecular formula is C13H22N4O. The van der Waals surface area contributed by atoms with E-state index in [0.29, 0.717) is 12.5 Å². The number of anilines is 1.